The Bertz CT molecular complexity index is 1260. The summed E-state index contributed by atoms with van der Waals surface area (Å²) in [6.45, 7) is 5.39. The molecule has 0 saturated carbocycles. The number of piperidine rings is 1. The minimum atomic E-state index is -0.314. The van der Waals surface area contributed by atoms with E-state index in [1.165, 1.54) is 11.1 Å². The van der Waals surface area contributed by atoms with Crippen LogP contribution in [0.5, 0.6) is 0 Å². The fourth-order valence-electron chi connectivity index (χ4n) is 5.13. The zero-order valence-electron chi connectivity index (χ0n) is 19.1. The second-order valence-electron chi connectivity index (χ2n) is 9.13. The molecular weight excluding hydrogens is 471 g/mol. The van der Waals surface area contributed by atoms with Gasteiger partial charge in [-0.2, -0.15) is 0 Å². The molecule has 1 saturated heterocycles. The number of carbonyl (C=O) groups excluding carboxylic acids is 1. The normalized spacial score (nSPS) is 20.4. The molecule has 178 valence electrons. The molecule has 2 N–H and O–H groups in total. The Morgan fingerprint density at radius 3 is 2.76 bits per heavy atom. The van der Waals surface area contributed by atoms with Gasteiger partial charge in [0, 0.05) is 42.3 Å². The quantitative estimate of drug-likeness (QED) is 0.549. The second-order valence-corrected chi connectivity index (χ2v) is 9.98. The molecule has 3 aromatic rings. The number of hydrogen-bond acceptors (Lipinski definition) is 4. The highest BCUT2D eigenvalue weighted by Crippen LogP contribution is 2.32. The predicted molar refractivity (Wildman–Crippen MR) is 136 cm³/mol. The minimum Gasteiger partial charge on any atom is -0.351 e. The zero-order valence-corrected chi connectivity index (χ0v) is 20.6. The average molecular weight is 499 g/mol. The van der Waals surface area contributed by atoms with Gasteiger partial charge in [0.15, 0.2) is 0 Å². The van der Waals surface area contributed by atoms with Crippen LogP contribution in [0, 0.1) is 0 Å². The number of nitrogens with zero attached hydrogens (tertiary/aromatic N) is 5. The Kier molecular flexibility index (Phi) is 6.51. The summed E-state index contributed by atoms with van der Waals surface area (Å²) in [7, 11) is 0. The van der Waals surface area contributed by atoms with E-state index < -0.39 is 0 Å². The number of benzene rings is 2. The first-order chi connectivity index (χ1) is 16.4. The molecular formula is C25H28Cl2N6O. The number of fused-ring (bicyclic) bond motifs is 1. The zero-order chi connectivity index (χ0) is 23.8. The van der Waals surface area contributed by atoms with Gasteiger partial charge in [-0.25, -0.2) is 9.48 Å². The van der Waals surface area contributed by atoms with Crippen molar-refractivity contribution in [1.82, 2.24) is 24.8 Å². The van der Waals surface area contributed by atoms with Gasteiger partial charge in [0.2, 0.25) is 0 Å². The average Bonchev–Trinajstić information content (AvgIpc) is 3.27. The number of halogens is 2. The lowest BCUT2D eigenvalue weighted by molar-refractivity contribution is 0.120. The van der Waals surface area contributed by atoms with Gasteiger partial charge in [-0.05, 0) is 67.2 Å². The van der Waals surface area contributed by atoms with Gasteiger partial charge in [-0.1, -0.05) is 46.6 Å². The predicted octanol–water partition coefficient (Wildman–Crippen LogP) is 4.98. The molecule has 2 aliphatic heterocycles. The summed E-state index contributed by atoms with van der Waals surface area (Å²) in [6.07, 6.45) is 5.37. The molecule has 0 radical (unpaired) electrons. The summed E-state index contributed by atoms with van der Waals surface area (Å²) in [5, 5.41) is 10.0. The Morgan fingerprint density at radius 2 is 2.03 bits per heavy atom. The van der Waals surface area contributed by atoms with E-state index in [0.717, 1.165) is 62.0 Å². The maximum absolute atomic E-state index is 11.6. The van der Waals surface area contributed by atoms with Crippen LogP contribution in [0.15, 0.2) is 42.5 Å². The number of amides is 2. The molecule has 5 rings (SSSR count). The smallest absolute Gasteiger partial charge is 0.314 e. The monoisotopic (exact) mass is 498 g/mol. The number of primary amides is 1. The molecule has 0 spiro atoms. The third-order valence-electron chi connectivity index (χ3n) is 7.09. The lowest BCUT2D eigenvalue weighted by Gasteiger charge is -2.40. The summed E-state index contributed by atoms with van der Waals surface area (Å²) >= 11 is 12.5. The SMILES string of the molecule is CC(c1ccc(Cl)cc1Cl)n1nnc2ccc(C3=CCN(C4CCCN(C(N)=O)C4)CC3)cc21. The molecule has 2 aromatic carbocycles. The number of urea groups is 1. The van der Waals surface area contributed by atoms with Gasteiger partial charge in [0.05, 0.1) is 11.6 Å². The number of aromatic nitrogens is 3. The van der Waals surface area contributed by atoms with Gasteiger partial charge in [-0.15, -0.1) is 5.10 Å². The van der Waals surface area contributed by atoms with E-state index in [-0.39, 0.29) is 12.1 Å². The highest BCUT2D eigenvalue weighted by molar-refractivity contribution is 6.35. The van der Waals surface area contributed by atoms with Gasteiger partial charge < -0.3 is 10.6 Å². The standard InChI is InChI=1S/C25H28Cl2N6O/c1-16(21-6-5-19(26)14-22(21)27)33-24-13-18(4-7-23(24)29-30-33)17-8-11-31(12-9-17)20-3-2-10-32(15-20)25(28)34/h4-8,13-14,16,20H,2-3,9-12,15H2,1H3,(H2,28,34). The molecule has 1 fully saturated rings. The van der Waals surface area contributed by atoms with E-state index >= 15 is 0 Å². The van der Waals surface area contributed by atoms with Crippen molar-refractivity contribution in [1.29, 1.82) is 0 Å². The van der Waals surface area contributed by atoms with Gasteiger partial charge in [0.1, 0.15) is 5.52 Å². The summed E-state index contributed by atoms with van der Waals surface area (Å²) in [5.74, 6) is 0. The number of carbonyl (C=O) groups is 1. The van der Waals surface area contributed by atoms with E-state index in [1.54, 1.807) is 11.0 Å². The van der Waals surface area contributed by atoms with E-state index in [1.807, 2.05) is 22.9 Å². The van der Waals surface area contributed by atoms with Crippen molar-refractivity contribution in [3.8, 4) is 0 Å². The molecule has 0 bridgehead atoms. The van der Waals surface area contributed by atoms with Crippen molar-refractivity contribution >= 4 is 45.8 Å². The van der Waals surface area contributed by atoms with Crippen molar-refractivity contribution in [3.05, 3.63) is 63.6 Å². The van der Waals surface area contributed by atoms with Crippen LogP contribution in [-0.2, 0) is 0 Å². The molecule has 2 unspecified atom stereocenters. The topological polar surface area (TPSA) is 80.3 Å². The highest BCUT2D eigenvalue weighted by Gasteiger charge is 2.28. The molecule has 2 atom stereocenters. The van der Waals surface area contributed by atoms with E-state index in [0.29, 0.717) is 16.1 Å². The highest BCUT2D eigenvalue weighted by atomic mass is 35.5. The summed E-state index contributed by atoms with van der Waals surface area (Å²) in [6, 6.07) is 11.8. The Balaban J connectivity index is 1.36. The molecule has 3 heterocycles. The van der Waals surface area contributed by atoms with Crippen LogP contribution in [0.4, 0.5) is 4.79 Å². The van der Waals surface area contributed by atoms with Crippen molar-refractivity contribution in [3.63, 3.8) is 0 Å². The minimum absolute atomic E-state index is 0.0830. The maximum Gasteiger partial charge on any atom is 0.314 e. The van der Waals surface area contributed by atoms with Gasteiger partial charge in [-0.3, -0.25) is 4.90 Å². The lowest BCUT2D eigenvalue weighted by Crippen LogP contribution is -2.52. The fourth-order valence-corrected chi connectivity index (χ4v) is 5.69. The number of rotatable bonds is 4. The Hall–Kier alpha value is -2.61. The molecule has 7 nitrogen and oxygen atoms in total. The largest absolute Gasteiger partial charge is 0.351 e. The number of hydrogen-bond donors (Lipinski definition) is 1. The number of likely N-dealkylation sites (tertiary alicyclic amines) is 1. The van der Waals surface area contributed by atoms with E-state index in [9.17, 15) is 4.79 Å². The molecule has 34 heavy (non-hydrogen) atoms. The summed E-state index contributed by atoms with van der Waals surface area (Å²) in [5.41, 5.74) is 10.8. The molecule has 2 aliphatic rings. The first-order valence-electron chi connectivity index (χ1n) is 11.7. The molecule has 0 aliphatic carbocycles. The van der Waals surface area contributed by atoms with Crippen LogP contribution >= 0.6 is 23.2 Å². The van der Waals surface area contributed by atoms with Gasteiger partial charge >= 0.3 is 6.03 Å². The van der Waals surface area contributed by atoms with E-state index in [2.05, 4.69) is 40.3 Å². The van der Waals surface area contributed by atoms with Gasteiger partial charge in [0.25, 0.3) is 0 Å². The van der Waals surface area contributed by atoms with Crippen LogP contribution in [-0.4, -0.2) is 63.0 Å². The van der Waals surface area contributed by atoms with Crippen molar-refractivity contribution < 1.29 is 4.79 Å². The number of nitrogens with two attached hydrogens (primary N) is 1. The first kappa shape index (κ1) is 23.1. The van der Waals surface area contributed by atoms with Crippen LogP contribution < -0.4 is 5.73 Å². The summed E-state index contributed by atoms with van der Waals surface area (Å²) < 4.78 is 1.92. The summed E-state index contributed by atoms with van der Waals surface area (Å²) in [4.78, 5) is 15.8. The van der Waals surface area contributed by atoms with Crippen LogP contribution in [0.25, 0.3) is 16.6 Å². The fraction of sp³-hybridized carbons (Fsp3) is 0.400. The maximum atomic E-state index is 11.6. The lowest BCUT2D eigenvalue weighted by atomic mass is 9.96. The van der Waals surface area contributed by atoms with Crippen LogP contribution in [0.2, 0.25) is 10.0 Å². The van der Waals surface area contributed by atoms with E-state index in [4.69, 9.17) is 28.9 Å². The van der Waals surface area contributed by atoms with Crippen molar-refractivity contribution in [2.24, 2.45) is 5.73 Å². The molecule has 2 amide bonds. The Labute approximate surface area is 209 Å². The third-order valence-corrected chi connectivity index (χ3v) is 7.65. The third kappa shape index (κ3) is 4.52. The molecule has 1 aromatic heterocycles. The van der Waals surface area contributed by atoms with Crippen molar-refractivity contribution in [2.75, 3.05) is 26.2 Å². The Morgan fingerprint density at radius 1 is 1.18 bits per heavy atom. The van der Waals surface area contributed by atoms with Crippen LogP contribution in [0.1, 0.15) is 43.4 Å². The first-order valence-corrected chi connectivity index (χ1v) is 12.4. The van der Waals surface area contributed by atoms with Crippen molar-refractivity contribution in [2.45, 2.75) is 38.3 Å². The second kappa shape index (κ2) is 9.56. The van der Waals surface area contributed by atoms with Crippen LogP contribution in [0.3, 0.4) is 0 Å². The molecule has 9 heteroatoms.